The fourth-order valence-corrected chi connectivity index (χ4v) is 4.30. The molecule has 1 aromatic rings. The first kappa shape index (κ1) is 27.2. The van der Waals surface area contributed by atoms with Crippen LogP contribution in [-0.2, 0) is 12.8 Å². The summed E-state index contributed by atoms with van der Waals surface area (Å²) in [7, 11) is 0. The SMILES string of the molecule is CC(C)CCCCCCCCCCCCc1c(CC(C)C)ccc(C(=O)O)c1C(=O)O. The lowest BCUT2D eigenvalue weighted by Gasteiger charge is -2.16. The third kappa shape index (κ3) is 10.8. The van der Waals surface area contributed by atoms with Gasteiger partial charge in [-0.25, -0.2) is 9.59 Å². The minimum Gasteiger partial charge on any atom is -0.478 e. The van der Waals surface area contributed by atoms with Crippen molar-refractivity contribution in [2.75, 3.05) is 0 Å². The van der Waals surface area contributed by atoms with Gasteiger partial charge in [0, 0.05) is 0 Å². The molecule has 0 amide bonds. The molecular formula is C27H44O4. The third-order valence-electron chi connectivity index (χ3n) is 5.94. The lowest BCUT2D eigenvalue weighted by atomic mass is 9.88. The van der Waals surface area contributed by atoms with Gasteiger partial charge in [0.05, 0.1) is 11.1 Å². The molecule has 0 saturated heterocycles. The maximum atomic E-state index is 11.9. The van der Waals surface area contributed by atoms with Gasteiger partial charge in [0.15, 0.2) is 0 Å². The second kappa shape index (κ2) is 15.0. The van der Waals surface area contributed by atoms with Crippen LogP contribution < -0.4 is 0 Å². The molecule has 0 atom stereocenters. The van der Waals surface area contributed by atoms with Gasteiger partial charge in [0.25, 0.3) is 0 Å². The van der Waals surface area contributed by atoms with Crippen LogP contribution >= 0.6 is 0 Å². The predicted octanol–water partition coefficient (Wildman–Crippen LogP) is 7.77. The molecule has 4 heteroatoms. The molecule has 0 heterocycles. The summed E-state index contributed by atoms with van der Waals surface area (Å²) in [5.41, 5.74) is 1.60. The lowest BCUT2D eigenvalue weighted by Crippen LogP contribution is -2.14. The maximum Gasteiger partial charge on any atom is 0.336 e. The monoisotopic (exact) mass is 432 g/mol. The van der Waals surface area contributed by atoms with Crippen molar-refractivity contribution in [2.45, 2.75) is 111 Å². The van der Waals surface area contributed by atoms with E-state index in [0.717, 1.165) is 42.7 Å². The van der Waals surface area contributed by atoms with Gasteiger partial charge in [-0.1, -0.05) is 98.0 Å². The second-order valence-electron chi connectivity index (χ2n) is 9.80. The second-order valence-corrected chi connectivity index (χ2v) is 9.80. The molecule has 2 N–H and O–H groups in total. The molecular weight excluding hydrogens is 388 g/mol. The number of carboxylic acid groups (broad SMARTS) is 2. The molecule has 0 fully saturated rings. The molecule has 0 unspecified atom stereocenters. The summed E-state index contributed by atoms with van der Waals surface area (Å²) in [6.07, 6.45) is 15.1. The first-order valence-electron chi connectivity index (χ1n) is 12.3. The highest BCUT2D eigenvalue weighted by atomic mass is 16.4. The summed E-state index contributed by atoms with van der Waals surface area (Å²) in [5, 5.41) is 19.1. The van der Waals surface area contributed by atoms with Crippen molar-refractivity contribution in [3.63, 3.8) is 0 Å². The highest BCUT2D eigenvalue weighted by Gasteiger charge is 2.22. The molecule has 0 saturated carbocycles. The number of carbonyl (C=O) groups is 2. The van der Waals surface area contributed by atoms with Crippen molar-refractivity contribution in [1.29, 1.82) is 0 Å². The molecule has 1 aromatic carbocycles. The van der Waals surface area contributed by atoms with E-state index in [2.05, 4.69) is 27.7 Å². The van der Waals surface area contributed by atoms with Gasteiger partial charge in [-0.05, 0) is 48.3 Å². The molecule has 4 nitrogen and oxygen atoms in total. The summed E-state index contributed by atoms with van der Waals surface area (Å²) < 4.78 is 0. The number of rotatable bonds is 17. The van der Waals surface area contributed by atoms with Gasteiger partial charge in [-0.2, -0.15) is 0 Å². The van der Waals surface area contributed by atoms with Crippen molar-refractivity contribution >= 4 is 11.9 Å². The molecule has 0 radical (unpaired) electrons. The molecule has 0 aliphatic heterocycles. The average molecular weight is 433 g/mol. The van der Waals surface area contributed by atoms with Gasteiger partial charge in [0.2, 0.25) is 0 Å². The van der Waals surface area contributed by atoms with E-state index in [1.165, 1.54) is 57.4 Å². The number of aromatic carboxylic acids is 2. The summed E-state index contributed by atoms with van der Waals surface area (Å²) in [6.45, 7) is 8.77. The number of hydrogen-bond acceptors (Lipinski definition) is 2. The van der Waals surface area contributed by atoms with E-state index >= 15 is 0 Å². The first-order valence-corrected chi connectivity index (χ1v) is 12.3. The molecule has 0 aromatic heterocycles. The molecule has 0 aliphatic carbocycles. The Morgan fingerprint density at radius 3 is 1.68 bits per heavy atom. The van der Waals surface area contributed by atoms with E-state index in [9.17, 15) is 19.8 Å². The minimum absolute atomic E-state index is 0.0110. The molecule has 1 rings (SSSR count). The molecule has 0 aliphatic rings. The van der Waals surface area contributed by atoms with E-state index in [1.807, 2.05) is 6.07 Å². The van der Waals surface area contributed by atoms with Crippen molar-refractivity contribution in [1.82, 2.24) is 0 Å². The van der Waals surface area contributed by atoms with Crippen LogP contribution in [0.15, 0.2) is 12.1 Å². The Morgan fingerprint density at radius 2 is 1.23 bits per heavy atom. The third-order valence-corrected chi connectivity index (χ3v) is 5.94. The van der Waals surface area contributed by atoms with E-state index in [0.29, 0.717) is 12.3 Å². The lowest BCUT2D eigenvalue weighted by molar-refractivity contribution is 0.0650. The smallest absolute Gasteiger partial charge is 0.336 e. The number of benzene rings is 1. The van der Waals surface area contributed by atoms with Gasteiger partial charge in [-0.3, -0.25) is 0 Å². The van der Waals surface area contributed by atoms with Gasteiger partial charge < -0.3 is 10.2 Å². The molecule has 31 heavy (non-hydrogen) atoms. The number of carboxylic acids is 2. The van der Waals surface area contributed by atoms with Crippen LogP contribution in [-0.4, -0.2) is 22.2 Å². The average Bonchev–Trinajstić information content (AvgIpc) is 2.68. The highest BCUT2D eigenvalue weighted by molar-refractivity contribution is 6.03. The normalized spacial score (nSPS) is 11.4. The van der Waals surface area contributed by atoms with E-state index in [1.54, 1.807) is 0 Å². The van der Waals surface area contributed by atoms with Crippen LogP contribution in [0.25, 0.3) is 0 Å². The Labute approximate surface area is 189 Å². The number of hydrogen-bond donors (Lipinski definition) is 2. The Hall–Kier alpha value is -1.84. The molecule has 176 valence electrons. The topological polar surface area (TPSA) is 74.6 Å². The van der Waals surface area contributed by atoms with E-state index in [-0.39, 0.29) is 11.1 Å². The zero-order valence-corrected chi connectivity index (χ0v) is 20.2. The van der Waals surface area contributed by atoms with E-state index < -0.39 is 11.9 Å². The molecule has 0 spiro atoms. The van der Waals surface area contributed by atoms with Crippen molar-refractivity contribution in [3.8, 4) is 0 Å². The Kier molecular flexibility index (Phi) is 13.2. The van der Waals surface area contributed by atoms with Crippen LogP contribution in [0.3, 0.4) is 0 Å². The standard InChI is InChI=1S/C27H44O4/c1-20(2)15-13-11-9-7-5-6-8-10-12-14-16-23-22(19-21(3)4)17-18-24(26(28)29)25(23)27(30)31/h17-18,20-21H,5-16,19H2,1-4H3,(H,28,29)(H,30,31). The largest absolute Gasteiger partial charge is 0.478 e. The molecule has 0 bridgehead atoms. The maximum absolute atomic E-state index is 11.9. The van der Waals surface area contributed by atoms with Crippen molar-refractivity contribution in [3.05, 3.63) is 34.4 Å². The summed E-state index contributed by atoms with van der Waals surface area (Å²) in [6, 6.07) is 3.27. The Bertz CT molecular complexity index is 676. The quantitative estimate of drug-likeness (QED) is 0.247. The van der Waals surface area contributed by atoms with Crippen LogP contribution in [0.4, 0.5) is 0 Å². The summed E-state index contributed by atoms with van der Waals surface area (Å²) in [5.74, 6) is -1.09. The van der Waals surface area contributed by atoms with Crippen LogP contribution in [0.2, 0.25) is 0 Å². The van der Waals surface area contributed by atoms with E-state index in [4.69, 9.17) is 0 Å². The van der Waals surface area contributed by atoms with Crippen LogP contribution in [0, 0.1) is 11.8 Å². The predicted molar refractivity (Wildman–Crippen MR) is 128 cm³/mol. The Balaban J connectivity index is 2.46. The highest BCUT2D eigenvalue weighted by Crippen LogP contribution is 2.25. The van der Waals surface area contributed by atoms with Gasteiger partial charge in [0.1, 0.15) is 0 Å². The van der Waals surface area contributed by atoms with Crippen molar-refractivity contribution < 1.29 is 19.8 Å². The first-order chi connectivity index (χ1) is 14.7. The fraction of sp³-hybridized carbons (Fsp3) is 0.704. The van der Waals surface area contributed by atoms with Gasteiger partial charge >= 0.3 is 11.9 Å². The number of unbranched alkanes of at least 4 members (excludes halogenated alkanes) is 9. The van der Waals surface area contributed by atoms with Crippen molar-refractivity contribution in [2.24, 2.45) is 11.8 Å². The summed E-state index contributed by atoms with van der Waals surface area (Å²) in [4.78, 5) is 23.4. The zero-order chi connectivity index (χ0) is 23.2. The minimum atomic E-state index is -1.17. The van der Waals surface area contributed by atoms with Crippen LogP contribution in [0.1, 0.15) is 130 Å². The van der Waals surface area contributed by atoms with Gasteiger partial charge in [-0.15, -0.1) is 0 Å². The summed E-state index contributed by atoms with van der Waals surface area (Å²) >= 11 is 0. The van der Waals surface area contributed by atoms with Crippen LogP contribution in [0.5, 0.6) is 0 Å². The Morgan fingerprint density at radius 1 is 0.710 bits per heavy atom. The fourth-order valence-electron chi connectivity index (χ4n) is 4.30. The zero-order valence-electron chi connectivity index (χ0n) is 20.2.